The highest BCUT2D eigenvalue weighted by atomic mass is 35.5. The summed E-state index contributed by atoms with van der Waals surface area (Å²) in [5.41, 5.74) is 0.633. The van der Waals surface area contributed by atoms with Gasteiger partial charge in [0.15, 0.2) is 0 Å². The van der Waals surface area contributed by atoms with Crippen LogP contribution in [0.15, 0.2) is 46.6 Å². The Balaban J connectivity index is 2.03. The van der Waals surface area contributed by atoms with Gasteiger partial charge in [-0.2, -0.15) is 10.2 Å². The van der Waals surface area contributed by atoms with E-state index in [1.54, 1.807) is 30.5 Å². The summed E-state index contributed by atoms with van der Waals surface area (Å²) in [6, 6.07) is 10.6. The molecule has 2 rings (SSSR count). The van der Waals surface area contributed by atoms with Crippen LogP contribution in [0.3, 0.4) is 0 Å². The molecule has 2 aromatic rings. The zero-order valence-corrected chi connectivity index (χ0v) is 10.3. The molecule has 0 saturated heterocycles. The second-order valence-corrected chi connectivity index (χ2v) is 4.94. The van der Waals surface area contributed by atoms with Gasteiger partial charge < -0.3 is 5.11 Å². The van der Waals surface area contributed by atoms with E-state index in [2.05, 4.69) is 10.2 Å². The summed E-state index contributed by atoms with van der Waals surface area (Å²) in [6.45, 7) is 0. The first-order valence-corrected chi connectivity index (χ1v) is 6.05. The van der Waals surface area contributed by atoms with E-state index in [1.165, 1.54) is 17.6 Å². The molecule has 1 N–H and O–H groups in total. The quantitative estimate of drug-likeness (QED) is 0.669. The maximum atomic E-state index is 9.47. The standard InChI is InChI=1S/C12H9ClN2OS/c13-12-6-5-10(17-12)8-15-14-7-9-3-1-2-4-11(9)16/h1-8,16H/b14-7-,15-8-. The van der Waals surface area contributed by atoms with Gasteiger partial charge in [0.1, 0.15) is 5.75 Å². The molecule has 17 heavy (non-hydrogen) atoms. The van der Waals surface area contributed by atoms with Gasteiger partial charge in [-0.15, -0.1) is 11.3 Å². The molecule has 0 fully saturated rings. The molecule has 0 aliphatic carbocycles. The predicted molar refractivity (Wildman–Crippen MR) is 72.6 cm³/mol. The third-order valence-corrected chi connectivity index (χ3v) is 3.14. The third kappa shape index (κ3) is 3.41. The maximum Gasteiger partial charge on any atom is 0.124 e. The smallest absolute Gasteiger partial charge is 0.124 e. The van der Waals surface area contributed by atoms with E-state index < -0.39 is 0 Å². The molecule has 1 heterocycles. The summed E-state index contributed by atoms with van der Waals surface area (Å²) >= 11 is 7.21. The molecule has 0 radical (unpaired) electrons. The van der Waals surface area contributed by atoms with Crippen LogP contribution < -0.4 is 0 Å². The molecule has 86 valence electrons. The molecule has 0 aliphatic heterocycles. The molecule has 0 atom stereocenters. The van der Waals surface area contributed by atoms with Crippen molar-refractivity contribution in [2.75, 3.05) is 0 Å². The van der Waals surface area contributed by atoms with Crippen molar-refractivity contribution in [3.8, 4) is 5.75 Å². The fraction of sp³-hybridized carbons (Fsp3) is 0. The number of benzene rings is 1. The van der Waals surface area contributed by atoms with E-state index in [1.807, 2.05) is 12.1 Å². The molecule has 0 amide bonds. The molecule has 0 spiro atoms. The Kier molecular flexibility index (Phi) is 3.90. The molecule has 0 aliphatic rings. The number of aromatic hydroxyl groups is 1. The highest BCUT2D eigenvalue weighted by molar-refractivity contribution is 7.17. The molecule has 1 aromatic carbocycles. The summed E-state index contributed by atoms with van der Waals surface area (Å²) in [7, 11) is 0. The van der Waals surface area contributed by atoms with Crippen LogP contribution in [0.2, 0.25) is 4.34 Å². The molecule has 1 aromatic heterocycles. The van der Waals surface area contributed by atoms with Gasteiger partial charge in [-0.05, 0) is 24.3 Å². The van der Waals surface area contributed by atoms with Crippen molar-refractivity contribution in [3.63, 3.8) is 0 Å². The number of para-hydroxylation sites is 1. The van der Waals surface area contributed by atoms with Crippen LogP contribution in [-0.2, 0) is 0 Å². The van der Waals surface area contributed by atoms with Gasteiger partial charge >= 0.3 is 0 Å². The van der Waals surface area contributed by atoms with Crippen molar-refractivity contribution >= 4 is 35.4 Å². The van der Waals surface area contributed by atoms with Gasteiger partial charge in [0.25, 0.3) is 0 Å². The Morgan fingerprint density at radius 1 is 1.06 bits per heavy atom. The minimum absolute atomic E-state index is 0.186. The maximum absolute atomic E-state index is 9.47. The minimum atomic E-state index is 0.186. The first kappa shape index (κ1) is 11.8. The van der Waals surface area contributed by atoms with E-state index >= 15 is 0 Å². The zero-order chi connectivity index (χ0) is 12.1. The summed E-state index contributed by atoms with van der Waals surface area (Å²) in [6.07, 6.45) is 3.12. The van der Waals surface area contributed by atoms with Gasteiger partial charge in [-0.1, -0.05) is 23.7 Å². The molecule has 0 bridgehead atoms. The van der Waals surface area contributed by atoms with Gasteiger partial charge in [0.2, 0.25) is 0 Å². The van der Waals surface area contributed by atoms with Crippen LogP contribution in [0.25, 0.3) is 0 Å². The Morgan fingerprint density at radius 3 is 2.53 bits per heavy atom. The first-order chi connectivity index (χ1) is 8.25. The summed E-state index contributed by atoms with van der Waals surface area (Å²) < 4.78 is 0.719. The Labute approximate surface area is 108 Å². The number of phenolic OH excluding ortho intramolecular Hbond substituents is 1. The van der Waals surface area contributed by atoms with Crippen molar-refractivity contribution in [1.82, 2.24) is 0 Å². The van der Waals surface area contributed by atoms with Crippen molar-refractivity contribution < 1.29 is 5.11 Å². The van der Waals surface area contributed by atoms with Gasteiger partial charge in [0, 0.05) is 10.4 Å². The largest absolute Gasteiger partial charge is 0.507 e. The van der Waals surface area contributed by atoms with Crippen LogP contribution in [0.4, 0.5) is 0 Å². The number of rotatable bonds is 3. The van der Waals surface area contributed by atoms with E-state index in [-0.39, 0.29) is 5.75 Å². The molecule has 0 unspecified atom stereocenters. The average Bonchev–Trinajstić information content (AvgIpc) is 2.73. The lowest BCUT2D eigenvalue weighted by Crippen LogP contribution is -1.80. The number of hydrogen-bond acceptors (Lipinski definition) is 4. The van der Waals surface area contributed by atoms with E-state index in [0.29, 0.717) is 5.56 Å². The van der Waals surface area contributed by atoms with E-state index in [0.717, 1.165) is 9.21 Å². The first-order valence-electron chi connectivity index (χ1n) is 4.85. The Morgan fingerprint density at radius 2 is 1.82 bits per heavy atom. The summed E-state index contributed by atoms with van der Waals surface area (Å²) in [4.78, 5) is 0.935. The van der Waals surface area contributed by atoms with Gasteiger partial charge in [0.05, 0.1) is 16.8 Å². The fourth-order valence-corrected chi connectivity index (χ4v) is 2.11. The average molecular weight is 265 g/mol. The third-order valence-electron chi connectivity index (χ3n) is 1.98. The monoisotopic (exact) mass is 264 g/mol. The summed E-state index contributed by atoms with van der Waals surface area (Å²) in [5, 5.41) is 17.2. The lowest BCUT2D eigenvalue weighted by Gasteiger charge is -1.94. The van der Waals surface area contributed by atoms with E-state index in [9.17, 15) is 5.11 Å². The number of halogens is 1. The molecule has 3 nitrogen and oxygen atoms in total. The van der Waals surface area contributed by atoms with Crippen LogP contribution in [0.1, 0.15) is 10.4 Å². The summed E-state index contributed by atoms with van der Waals surface area (Å²) in [5.74, 6) is 0.186. The van der Waals surface area contributed by atoms with Gasteiger partial charge in [-0.3, -0.25) is 0 Å². The SMILES string of the molecule is Oc1ccccc1/C=N\N=C/c1ccc(Cl)s1. The lowest BCUT2D eigenvalue weighted by atomic mass is 10.2. The van der Waals surface area contributed by atoms with Crippen molar-refractivity contribution in [3.05, 3.63) is 51.2 Å². The van der Waals surface area contributed by atoms with Crippen LogP contribution in [-0.4, -0.2) is 17.5 Å². The van der Waals surface area contributed by atoms with Crippen LogP contribution in [0.5, 0.6) is 5.75 Å². The molecular formula is C12H9ClN2OS. The predicted octanol–water partition coefficient (Wildman–Crippen LogP) is 3.56. The molecular weight excluding hydrogens is 256 g/mol. The Bertz CT molecular complexity index is 563. The second kappa shape index (κ2) is 5.61. The topological polar surface area (TPSA) is 45.0 Å². The molecule has 5 heteroatoms. The highest BCUT2D eigenvalue weighted by Gasteiger charge is 1.94. The van der Waals surface area contributed by atoms with Crippen LogP contribution in [0, 0.1) is 0 Å². The number of phenols is 1. The number of nitrogens with zero attached hydrogens (tertiary/aromatic N) is 2. The normalized spacial score (nSPS) is 11.6. The highest BCUT2D eigenvalue weighted by Crippen LogP contribution is 2.19. The van der Waals surface area contributed by atoms with Crippen molar-refractivity contribution in [2.45, 2.75) is 0 Å². The van der Waals surface area contributed by atoms with Crippen molar-refractivity contribution in [2.24, 2.45) is 10.2 Å². The lowest BCUT2D eigenvalue weighted by molar-refractivity contribution is 0.474. The Hall–Kier alpha value is -1.65. The molecule has 0 saturated carbocycles. The second-order valence-electron chi connectivity index (χ2n) is 3.19. The minimum Gasteiger partial charge on any atom is -0.507 e. The van der Waals surface area contributed by atoms with E-state index in [4.69, 9.17) is 11.6 Å². The van der Waals surface area contributed by atoms with Crippen molar-refractivity contribution in [1.29, 1.82) is 0 Å². The fourth-order valence-electron chi connectivity index (χ4n) is 1.18. The zero-order valence-electron chi connectivity index (χ0n) is 8.75. The van der Waals surface area contributed by atoms with Crippen LogP contribution >= 0.6 is 22.9 Å². The number of thiophene rings is 1. The number of hydrogen-bond donors (Lipinski definition) is 1. The van der Waals surface area contributed by atoms with Gasteiger partial charge in [-0.25, -0.2) is 0 Å².